The monoisotopic (exact) mass is 288 g/mol. The van der Waals surface area contributed by atoms with E-state index in [0.29, 0.717) is 29.2 Å². The van der Waals surface area contributed by atoms with Gasteiger partial charge in [-0.2, -0.15) is 5.10 Å². The van der Waals surface area contributed by atoms with Crippen molar-refractivity contribution in [3.8, 4) is 0 Å². The van der Waals surface area contributed by atoms with Crippen LogP contribution in [0.15, 0.2) is 30.5 Å². The van der Waals surface area contributed by atoms with E-state index >= 15 is 0 Å². The molecule has 0 spiro atoms. The predicted octanol–water partition coefficient (Wildman–Crippen LogP) is 2.54. The molecule has 1 aromatic carbocycles. The number of nitrogens with zero attached hydrogens (tertiary/aromatic N) is 1. The lowest BCUT2D eigenvalue weighted by Crippen LogP contribution is -2.14. The van der Waals surface area contributed by atoms with Crippen molar-refractivity contribution >= 4 is 23.4 Å². The molecule has 2 aromatic rings. The molecule has 0 aliphatic carbocycles. The molecule has 2 rings (SSSR count). The molecule has 1 aromatic heterocycles. The molecule has 0 fully saturated rings. The predicted molar refractivity (Wildman–Crippen MR) is 78.4 cm³/mol. The van der Waals surface area contributed by atoms with E-state index in [-0.39, 0.29) is 5.91 Å². The van der Waals surface area contributed by atoms with Crippen molar-refractivity contribution in [3.05, 3.63) is 41.7 Å². The van der Waals surface area contributed by atoms with Gasteiger partial charge >= 0.3 is 6.09 Å². The zero-order valence-electron chi connectivity index (χ0n) is 11.8. The van der Waals surface area contributed by atoms with Gasteiger partial charge in [-0.15, -0.1) is 0 Å². The Morgan fingerprint density at radius 2 is 1.81 bits per heavy atom. The molecule has 0 saturated heterocycles. The summed E-state index contributed by atoms with van der Waals surface area (Å²) in [6.07, 6.45) is 0.963. The fourth-order valence-electron chi connectivity index (χ4n) is 1.70. The number of aromatic nitrogens is 2. The van der Waals surface area contributed by atoms with Crippen LogP contribution >= 0.6 is 0 Å². The number of carbonyl (C=O) groups is 2. The number of anilines is 2. The van der Waals surface area contributed by atoms with Crippen LogP contribution in [-0.2, 0) is 4.74 Å². The maximum Gasteiger partial charge on any atom is 0.411 e. The first-order valence-electron chi connectivity index (χ1n) is 6.45. The van der Waals surface area contributed by atoms with Gasteiger partial charge < -0.3 is 10.1 Å². The molecule has 0 saturated carbocycles. The summed E-state index contributed by atoms with van der Waals surface area (Å²) in [4.78, 5) is 23.2. The minimum Gasteiger partial charge on any atom is -0.450 e. The molecule has 0 bridgehead atoms. The summed E-state index contributed by atoms with van der Waals surface area (Å²) in [5.41, 5.74) is 2.40. The van der Waals surface area contributed by atoms with Crippen LogP contribution in [0.1, 0.15) is 23.0 Å². The average molecular weight is 288 g/mol. The molecule has 0 aliphatic heterocycles. The molecule has 1 heterocycles. The minimum atomic E-state index is -0.511. The third-order valence-electron chi connectivity index (χ3n) is 2.74. The van der Waals surface area contributed by atoms with E-state index in [1.807, 2.05) is 0 Å². The van der Waals surface area contributed by atoms with Crippen molar-refractivity contribution < 1.29 is 14.3 Å². The number of rotatable bonds is 4. The molecule has 21 heavy (non-hydrogen) atoms. The van der Waals surface area contributed by atoms with Gasteiger partial charge in [0.25, 0.3) is 5.91 Å². The summed E-state index contributed by atoms with van der Waals surface area (Å²) < 4.78 is 4.77. The number of aromatic amines is 1. The smallest absolute Gasteiger partial charge is 0.411 e. The van der Waals surface area contributed by atoms with E-state index in [9.17, 15) is 9.59 Å². The highest BCUT2D eigenvalue weighted by Crippen LogP contribution is 2.15. The van der Waals surface area contributed by atoms with Gasteiger partial charge in [0.1, 0.15) is 0 Å². The van der Waals surface area contributed by atoms with Gasteiger partial charge in [-0.1, -0.05) is 0 Å². The quantitative estimate of drug-likeness (QED) is 0.805. The van der Waals surface area contributed by atoms with E-state index in [0.717, 1.165) is 0 Å². The summed E-state index contributed by atoms with van der Waals surface area (Å²) >= 11 is 0. The molecule has 7 heteroatoms. The lowest BCUT2D eigenvalue weighted by Gasteiger charge is -2.07. The van der Waals surface area contributed by atoms with Gasteiger partial charge in [0.05, 0.1) is 18.4 Å². The van der Waals surface area contributed by atoms with Gasteiger partial charge in [0.2, 0.25) is 0 Å². The fraction of sp³-hybridized carbons (Fsp3) is 0.214. The van der Waals surface area contributed by atoms with Crippen molar-refractivity contribution in [2.24, 2.45) is 0 Å². The molecule has 3 N–H and O–H groups in total. The molecule has 0 aliphatic rings. The van der Waals surface area contributed by atoms with E-state index in [2.05, 4.69) is 20.8 Å². The Morgan fingerprint density at radius 3 is 2.33 bits per heavy atom. The van der Waals surface area contributed by atoms with Crippen molar-refractivity contribution in [1.29, 1.82) is 0 Å². The second-order valence-corrected chi connectivity index (χ2v) is 4.29. The number of aryl methyl sites for hydroxylation is 1. The highest BCUT2D eigenvalue weighted by atomic mass is 16.5. The van der Waals surface area contributed by atoms with Crippen LogP contribution in [0, 0.1) is 6.92 Å². The summed E-state index contributed by atoms with van der Waals surface area (Å²) in [5, 5.41) is 11.8. The number of amides is 2. The lowest BCUT2D eigenvalue weighted by molar-refractivity contribution is 0.102. The number of H-pyrrole nitrogens is 1. The van der Waals surface area contributed by atoms with Gasteiger partial charge in [0.15, 0.2) is 0 Å². The van der Waals surface area contributed by atoms with Crippen molar-refractivity contribution in [2.45, 2.75) is 13.8 Å². The van der Waals surface area contributed by atoms with Crippen molar-refractivity contribution in [2.75, 3.05) is 17.2 Å². The van der Waals surface area contributed by atoms with Crippen LogP contribution in [0.3, 0.4) is 0 Å². The lowest BCUT2D eigenvalue weighted by atomic mass is 10.2. The third kappa shape index (κ3) is 3.82. The SMILES string of the molecule is CCOC(=O)Nc1ccc(NC(=O)c2cn[nH]c2C)cc1. The van der Waals surface area contributed by atoms with Crippen LogP contribution in [-0.4, -0.2) is 28.8 Å². The Labute approximate surface area is 121 Å². The third-order valence-corrected chi connectivity index (χ3v) is 2.74. The molecule has 0 unspecified atom stereocenters. The Bertz CT molecular complexity index is 634. The standard InChI is InChI=1S/C14H16N4O3/c1-3-21-14(20)17-11-6-4-10(5-7-11)16-13(19)12-8-15-18-9(12)2/h4-8H,3H2,1-2H3,(H,15,18)(H,16,19)(H,17,20). The molecule has 2 amide bonds. The van der Waals surface area contributed by atoms with Gasteiger partial charge in [0, 0.05) is 17.1 Å². The number of hydrogen-bond acceptors (Lipinski definition) is 4. The Balaban J connectivity index is 1.98. The summed E-state index contributed by atoms with van der Waals surface area (Å²) in [5.74, 6) is -0.243. The van der Waals surface area contributed by atoms with Gasteiger partial charge in [-0.3, -0.25) is 15.2 Å². The Hall–Kier alpha value is -2.83. The molecule has 0 radical (unpaired) electrons. The van der Waals surface area contributed by atoms with Crippen LogP contribution in [0.25, 0.3) is 0 Å². The Morgan fingerprint density at radius 1 is 1.19 bits per heavy atom. The zero-order chi connectivity index (χ0) is 15.2. The van der Waals surface area contributed by atoms with Crippen LogP contribution in [0.4, 0.5) is 16.2 Å². The van der Waals surface area contributed by atoms with Crippen LogP contribution < -0.4 is 10.6 Å². The summed E-state index contributed by atoms with van der Waals surface area (Å²) in [7, 11) is 0. The minimum absolute atomic E-state index is 0.243. The highest BCUT2D eigenvalue weighted by Gasteiger charge is 2.11. The summed E-state index contributed by atoms with van der Waals surface area (Å²) in [6.45, 7) is 3.81. The van der Waals surface area contributed by atoms with E-state index in [4.69, 9.17) is 4.74 Å². The first kappa shape index (κ1) is 14.6. The first-order chi connectivity index (χ1) is 10.1. The number of hydrogen-bond donors (Lipinski definition) is 3. The highest BCUT2D eigenvalue weighted by molar-refractivity contribution is 6.04. The van der Waals surface area contributed by atoms with E-state index < -0.39 is 6.09 Å². The topological polar surface area (TPSA) is 96.1 Å². The second-order valence-electron chi connectivity index (χ2n) is 4.29. The van der Waals surface area contributed by atoms with Crippen LogP contribution in [0.5, 0.6) is 0 Å². The van der Waals surface area contributed by atoms with Crippen LogP contribution in [0.2, 0.25) is 0 Å². The number of nitrogens with one attached hydrogen (secondary N) is 3. The van der Waals surface area contributed by atoms with Crippen molar-refractivity contribution in [3.63, 3.8) is 0 Å². The van der Waals surface area contributed by atoms with E-state index in [1.165, 1.54) is 6.20 Å². The molecular formula is C14H16N4O3. The molecule has 7 nitrogen and oxygen atoms in total. The number of carbonyl (C=O) groups excluding carboxylic acids is 2. The van der Waals surface area contributed by atoms with E-state index in [1.54, 1.807) is 38.1 Å². The molecule has 110 valence electrons. The van der Waals surface area contributed by atoms with Gasteiger partial charge in [-0.25, -0.2) is 4.79 Å². The molecule has 0 atom stereocenters. The second kappa shape index (κ2) is 6.56. The normalized spacial score (nSPS) is 10.0. The summed E-state index contributed by atoms with van der Waals surface area (Å²) in [6, 6.07) is 6.73. The first-order valence-corrected chi connectivity index (χ1v) is 6.45. The van der Waals surface area contributed by atoms with Crippen molar-refractivity contribution in [1.82, 2.24) is 10.2 Å². The number of ether oxygens (including phenoxy) is 1. The average Bonchev–Trinajstić information content (AvgIpc) is 2.87. The maximum absolute atomic E-state index is 12.0. The molecular weight excluding hydrogens is 272 g/mol. The maximum atomic E-state index is 12.0. The largest absolute Gasteiger partial charge is 0.450 e. The van der Waals surface area contributed by atoms with Gasteiger partial charge in [-0.05, 0) is 38.1 Å². The number of benzene rings is 1. The Kier molecular flexibility index (Phi) is 4.55. The zero-order valence-corrected chi connectivity index (χ0v) is 11.8. The fourth-order valence-corrected chi connectivity index (χ4v) is 1.70.